The number of nitrogens with zero attached hydrogens (tertiary/aromatic N) is 4. The average Bonchev–Trinajstić information content (AvgIpc) is 2.78. The number of rotatable bonds is 5. The molecule has 7 heteroatoms. The van der Waals surface area contributed by atoms with E-state index < -0.39 is 0 Å². The van der Waals surface area contributed by atoms with Crippen LogP contribution in [-0.2, 0) is 16.1 Å². The van der Waals surface area contributed by atoms with Crippen molar-refractivity contribution in [3.05, 3.63) is 54.4 Å². The molecule has 0 bridgehead atoms. The number of piperazine rings is 1. The lowest BCUT2D eigenvalue weighted by Crippen LogP contribution is -2.48. The maximum absolute atomic E-state index is 12.7. The van der Waals surface area contributed by atoms with Crippen LogP contribution in [0.5, 0.6) is 0 Å². The highest BCUT2D eigenvalue weighted by Crippen LogP contribution is 2.34. The molecule has 3 heterocycles. The van der Waals surface area contributed by atoms with E-state index >= 15 is 0 Å². The normalized spacial score (nSPS) is 17.1. The van der Waals surface area contributed by atoms with E-state index in [1.165, 1.54) is 5.56 Å². The lowest BCUT2D eigenvalue weighted by molar-refractivity contribution is -0.134. The van der Waals surface area contributed by atoms with Crippen molar-refractivity contribution in [2.75, 3.05) is 43.4 Å². The van der Waals surface area contributed by atoms with Crippen LogP contribution < -0.4 is 4.90 Å². The van der Waals surface area contributed by atoms with Crippen LogP contribution in [0.3, 0.4) is 0 Å². The van der Waals surface area contributed by atoms with Gasteiger partial charge in [0.1, 0.15) is 0 Å². The molecule has 152 valence electrons. The molecule has 1 fully saturated rings. The molecule has 0 spiro atoms. The first-order valence-corrected chi connectivity index (χ1v) is 11.1. The minimum atomic E-state index is 0.0439. The number of hydrogen-bond acceptors (Lipinski definition) is 5. The second-order valence-corrected chi connectivity index (χ2v) is 8.51. The van der Waals surface area contributed by atoms with Crippen LogP contribution in [0.2, 0.25) is 0 Å². The number of benzene rings is 1. The van der Waals surface area contributed by atoms with Crippen LogP contribution in [-0.4, -0.2) is 65.1 Å². The lowest BCUT2D eigenvalue weighted by Gasteiger charge is -2.35. The highest BCUT2D eigenvalue weighted by Gasteiger charge is 2.25. The van der Waals surface area contributed by atoms with Crippen molar-refractivity contribution in [1.82, 2.24) is 14.8 Å². The molecule has 1 aromatic heterocycles. The lowest BCUT2D eigenvalue weighted by atomic mass is 10.2. The first-order chi connectivity index (χ1) is 14.2. The number of fused-ring (bicyclic) bond motifs is 1. The maximum Gasteiger partial charge on any atom is 0.227 e. The zero-order chi connectivity index (χ0) is 20.1. The third kappa shape index (κ3) is 4.97. The van der Waals surface area contributed by atoms with Gasteiger partial charge in [-0.2, -0.15) is 0 Å². The number of hydrogen-bond donors (Lipinski definition) is 0. The molecule has 4 rings (SSSR count). The van der Waals surface area contributed by atoms with E-state index in [9.17, 15) is 9.59 Å². The third-order valence-corrected chi connectivity index (χ3v) is 6.51. The smallest absolute Gasteiger partial charge is 0.227 e. The van der Waals surface area contributed by atoms with E-state index in [1.807, 2.05) is 52.5 Å². The van der Waals surface area contributed by atoms with Gasteiger partial charge in [-0.15, -0.1) is 11.8 Å². The minimum absolute atomic E-state index is 0.0439. The Hall–Kier alpha value is -2.38. The summed E-state index contributed by atoms with van der Waals surface area (Å²) in [5.74, 6) is 1.03. The first-order valence-electron chi connectivity index (χ1n) is 10.1. The molecule has 2 aliphatic heterocycles. The zero-order valence-electron chi connectivity index (χ0n) is 16.5. The van der Waals surface area contributed by atoms with E-state index in [1.54, 1.807) is 11.8 Å². The molecule has 0 atom stereocenters. The molecule has 29 heavy (non-hydrogen) atoms. The Morgan fingerprint density at radius 3 is 2.41 bits per heavy atom. The summed E-state index contributed by atoms with van der Waals surface area (Å²) in [6, 6.07) is 12.1. The van der Waals surface area contributed by atoms with Crippen molar-refractivity contribution in [3.8, 4) is 0 Å². The van der Waals surface area contributed by atoms with E-state index in [-0.39, 0.29) is 24.7 Å². The fourth-order valence-corrected chi connectivity index (χ4v) is 4.83. The number of para-hydroxylation sites is 1. The number of pyridine rings is 1. The van der Waals surface area contributed by atoms with Crippen LogP contribution in [0.4, 0.5) is 5.69 Å². The summed E-state index contributed by atoms with van der Waals surface area (Å²) in [4.78, 5) is 36.6. The molecule has 2 aromatic rings. The van der Waals surface area contributed by atoms with Gasteiger partial charge in [0, 0.05) is 75.2 Å². The highest BCUT2D eigenvalue weighted by molar-refractivity contribution is 7.99. The highest BCUT2D eigenvalue weighted by atomic mass is 32.2. The second kappa shape index (κ2) is 9.41. The van der Waals surface area contributed by atoms with E-state index in [0.29, 0.717) is 6.54 Å². The quantitative estimate of drug-likeness (QED) is 0.759. The van der Waals surface area contributed by atoms with Crippen molar-refractivity contribution in [2.24, 2.45) is 0 Å². The Morgan fingerprint density at radius 1 is 0.897 bits per heavy atom. The largest absolute Gasteiger partial charge is 0.340 e. The van der Waals surface area contributed by atoms with Crippen molar-refractivity contribution in [3.63, 3.8) is 0 Å². The number of thioether (sulfide) groups is 1. The molecule has 0 radical (unpaired) electrons. The van der Waals surface area contributed by atoms with E-state index in [2.05, 4.69) is 16.0 Å². The van der Waals surface area contributed by atoms with Gasteiger partial charge in [0.25, 0.3) is 0 Å². The van der Waals surface area contributed by atoms with Gasteiger partial charge in [-0.3, -0.25) is 19.5 Å². The summed E-state index contributed by atoms with van der Waals surface area (Å²) < 4.78 is 0. The molecule has 0 unspecified atom stereocenters. The fourth-order valence-electron chi connectivity index (χ4n) is 3.84. The van der Waals surface area contributed by atoms with Gasteiger partial charge in [-0.25, -0.2) is 0 Å². The molecule has 2 amide bonds. The summed E-state index contributed by atoms with van der Waals surface area (Å²) >= 11 is 1.78. The molecule has 0 aliphatic carbocycles. The van der Waals surface area contributed by atoms with Crippen molar-refractivity contribution < 1.29 is 9.59 Å². The number of anilines is 1. The Balaban J connectivity index is 1.24. The molecule has 1 saturated heterocycles. The van der Waals surface area contributed by atoms with Gasteiger partial charge in [-0.1, -0.05) is 12.1 Å². The van der Waals surface area contributed by atoms with Crippen molar-refractivity contribution in [2.45, 2.75) is 24.3 Å². The van der Waals surface area contributed by atoms with Gasteiger partial charge < -0.3 is 9.80 Å². The molecule has 2 aliphatic rings. The fraction of sp³-hybridized carbons (Fsp3) is 0.409. The van der Waals surface area contributed by atoms with E-state index in [0.717, 1.165) is 49.1 Å². The standard InChI is InChI=1S/C22H26N4O2S/c27-21(25-13-11-24(12-14-25)17-18-7-9-23-10-8-18)5-6-22(28)26-15-16-29-20-4-2-1-3-19(20)26/h1-4,7-10H,5-6,11-17H2. The zero-order valence-corrected chi connectivity index (χ0v) is 17.3. The minimum Gasteiger partial charge on any atom is -0.340 e. The van der Waals surface area contributed by atoms with Crippen molar-refractivity contribution in [1.29, 1.82) is 0 Å². The van der Waals surface area contributed by atoms with Crippen LogP contribution in [0.1, 0.15) is 18.4 Å². The predicted octanol–water partition coefficient (Wildman–Crippen LogP) is 2.64. The van der Waals surface area contributed by atoms with E-state index in [4.69, 9.17) is 0 Å². The van der Waals surface area contributed by atoms with Gasteiger partial charge in [-0.05, 0) is 29.8 Å². The topological polar surface area (TPSA) is 56.8 Å². The molecular weight excluding hydrogens is 384 g/mol. The third-order valence-electron chi connectivity index (χ3n) is 5.46. The van der Waals surface area contributed by atoms with Crippen molar-refractivity contribution >= 4 is 29.3 Å². The summed E-state index contributed by atoms with van der Waals surface area (Å²) in [6.07, 6.45) is 4.18. The predicted molar refractivity (Wildman–Crippen MR) is 115 cm³/mol. The second-order valence-electron chi connectivity index (χ2n) is 7.37. The van der Waals surface area contributed by atoms with Gasteiger partial charge >= 0.3 is 0 Å². The number of aromatic nitrogens is 1. The van der Waals surface area contributed by atoms with Crippen LogP contribution in [0.25, 0.3) is 0 Å². The molecule has 0 saturated carbocycles. The monoisotopic (exact) mass is 410 g/mol. The Kier molecular flexibility index (Phi) is 6.46. The van der Waals surface area contributed by atoms with Gasteiger partial charge in [0.15, 0.2) is 0 Å². The number of carbonyl (C=O) groups is 2. The van der Waals surface area contributed by atoms with Crippen LogP contribution in [0.15, 0.2) is 53.7 Å². The Morgan fingerprint density at radius 2 is 1.62 bits per heavy atom. The molecule has 6 nitrogen and oxygen atoms in total. The first kappa shape index (κ1) is 19.9. The summed E-state index contributed by atoms with van der Waals surface area (Å²) in [5.41, 5.74) is 2.22. The Labute approximate surface area is 175 Å². The summed E-state index contributed by atoms with van der Waals surface area (Å²) in [6.45, 7) is 4.76. The average molecular weight is 411 g/mol. The van der Waals surface area contributed by atoms with Crippen LogP contribution >= 0.6 is 11.8 Å². The van der Waals surface area contributed by atoms with Crippen LogP contribution in [0, 0.1) is 0 Å². The Bertz CT molecular complexity index is 853. The summed E-state index contributed by atoms with van der Waals surface area (Å²) in [5, 5.41) is 0. The summed E-state index contributed by atoms with van der Waals surface area (Å²) in [7, 11) is 0. The number of amides is 2. The SMILES string of the molecule is O=C(CCC(=O)N1CCSc2ccccc21)N1CCN(Cc2ccncc2)CC1. The van der Waals surface area contributed by atoms with Gasteiger partial charge in [0.05, 0.1) is 5.69 Å². The molecule has 0 N–H and O–H groups in total. The molecular formula is C22H26N4O2S. The maximum atomic E-state index is 12.7. The molecule has 1 aromatic carbocycles. The number of carbonyl (C=O) groups excluding carboxylic acids is 2. The van der Waals surface area contributed by atoms with Gasteiger partial charge in [0.2, 0.25) is 11.8 Å².